The molecule has 1 saturated heterocycles. The second-order valence-corrected chi connectivity index (χ2v) is 7.66. The molecule has 0 aliphatic carbocycles. The molecule has 2 heterocycles. The molecule has 160 valence electrons. The third-order valence-corrected chi connectivity index (χ3v) is 5.72. The van der Waals surface area contributed by atoms with E-state index in [0.717, 1.165) is 36.6 Å². The Morgan fingerprint density at radius 3 is 2.63 bits per heavy atom. The average Bonchev–Trinajstić information content (AvgIpc) is 3.13. The molecule has 10 heteroatoms. The van der Waals surface area contributed by atoms with Crippen molar-refractivity contribution in [3.8, 4) is 0 Å². The highest BCUT2D eigenvalue weighted by Crippen LogP contribution is 2.32. The number of thiazole rings is 1. The maximum Gasteiger partial charge on any atom is 0.260 e. The molecule has 1 aliphatic rings. The number of benzene rings is 2. The van der Waals surface area contributed by atoms with Crippen LogP contribution in [0.25, 0.3) is 10.2 Å². The third-order valence-electron chi connectivity index (χ3n) is 4.69. The smallest absolute Gasteiger partial charge is 0.260 e. The van der Waals surface area contributed by atoms with Gasteiger partial charge in [-0.1, -0.05) is 17.4 Å². The SMILES string of the molecule is Cl.O=C(c1cccc(F)c1)N(CCN1CCOCC1)c1nc2c(F)cc(F)cc2s1. The van der Waals surface area contributed by atoms with E-state index in [1.54, 1.807) is 0 Å². The van der Waals surface area contributed by atoms with Crippen molar-refractivity contribution in [3.63, 3.8) is 0 Å². The summed E-state index contributed by atoms with van der Waals surface area (Å²) in [5, 5.41) is 0.243. The fourth-order valence-corrected chi connectivity index (χ4v) is 4.22. The van der Waals surface area contributed by atoms with Crippen molar-refractivity contribution >= 4 is 45.0 Å². The number of nitrogens with zero attached hydrogens (tertiary/aromatic N) is 3. The molecule has 0 spiro atoms. The molecule has 5 nitrogen and oxygen atoms in total. The Morgan fingerprint density at radius 2 is 1.90 bits per heavy atom. The van der Waals surface area contributed by atoms with Gasteiger partial charge in [0.05, 0.1) is 17.9 Å². The van der Waals surface area contributed by atoms with Crippen LogP contribution in [0.4, 0.5) is 18.3 Å². The highest BCUT2D eigenvalue weighted by molar-refractivity contribution is 7.22. The zero-order chi connectivity index (χ0) is 20.4. The van der Waals surface area contributed by atoms with Crippen LogP contribution in [0, 0.1) is 17.5 Å². The molecular weight excluding hydrogens is 439 g/mol. The van der Waals surface area contributed by atoms with Crippen LogP contribution in [0.5, 0.6) is 0 Å². The van der Waals surface area contributed by atoms with Crippen molar-refractivity contribution in [2.75, 3.05) is 44.3 Å². The molecule has 1 amide bonds. The van der Waals surface area contributed by atoms with E-state index in [1.807, 2.05) is 0 Å². The first-order valence-electron chi connectivity index (χ1n) is 9.14. The van der Waals surface area contributed by atoms with Crippen LogP contribution < -0.4 is 4.90 Å². The molecular formula is C20H19ClF3N3O2S. The van der Waals surface area contributed by atoms with Gasteiger partial charge in [-0.05, 0) is 24.3 Å². The highest BCUT2D eigenvalue weighted by atomic mass is 35.5. The van der Waals surface area contributed by atoms with Crippen molar-refractivity contribution in [2.24, 2.45) is 0 Å². The molecule has 0 radical (unpaired) electrons. The molecule has 0 atom stereocenters. The van der Waals surface area contributed by atoms with E-state index in [-0.39, 0.29) is 35.2 Å². The molecule has 1 aromatic heterocycles. The number of carbonyl (C=O) groups is 1. The van der Waals surface area contributed by atoms with Gasteiger partial charge in [-0.3, -0.25) is 14.6 Å². The first kappa shape index (κ1) is 22.5. The van der Waals surface area contributed by atoms with Crippen molar-refractivity contribution in [2.45, 2.75) is 0 Å². The zero-order valence-corrected chi connectivity index (χ0v) is 17.4. The van der Waals surface area contributed by atoms with Crippen LogP contribution >= 0.6 is 23.7 Å². The molecule has 0 N–H and O–H groups in total. The molecule has 3 aromatic rings. The maximum atomic E-state index is 14.1. The number of ether oxygens (including phenoxy) is 1. The van der Waals surface area contributed by atoms with Crippen molar-refractivity contribution < 1.29 is 22.7 Å². The Kier molecular flexibility index (Phi) is 7.30. The zero-order valence-electron chi connectivity index (χ0n) is 15.8. The van der Waals surface area contributed by atoms with Crippen LogP contribution in [0.15, 0.2) is 36.4 Å². The van der Waals surface area contributed by atoms with Gasteiger partial charge in [0.25, 0.3) is 5.91 Å². The molecule has 30 heavy (non-hydrogen) atoms. The summed E-state index contributed by atoms with van der Waals surface area (Å²) < 4.78 is 46.9. The Bertz CT molecular complexity index is 1040. The second kappa shape index (κ2) is 9.74. The van der Waals surface area contributed by atoms with Crippen molar-refractivity contribution in [1.29, 1.82) is 0 Å². The quantitative estimate of drug-likeness (QED) is 0.578. The standard InChI is InChI=1S/C20H18F3N3O2S.ClH/c21-14-3-1-2-13(10-14)19(27)26(5-4-25-6-8-28-9-7-25)20-24-18-16(23)11-15(22)12-17(18)29-20;/h1-3,10-12H,4-9H2;1H. The molecule has 4 rings (SSSR count). The summed E-state index contributed by atoms with van der Waals surface area (Å²) in [6, 6.07) is 7.32. The number of carbonyl (C=O) groups excluding carboxylic acids is 1. The van der Waals surface area contributed by atoms with Crippen LogP contribution in [0.3, 0.4) is 0 Å². The fraction of sp³-hybridized carbons (Fsp3) is 0.300. The van der Waals surface area contributed by atoms with Gasteiger partial charge in [0.1, 0.15) is 17.2 Å². The van der Waals surface area contributed by atoms with Gasteiger partial charge in [0.2, 0.25) is 0 Å². The van der Waals surface area contributed by atoms with Crippen LogP contribution in [0.1, 0.15) is 10.4 Å². The highest BCUT2D eigenvalue weighted by Gasteiger charge is 2.24. The monoisotopic (exact) mass is 457 g/mol. The van der Waals surface area contributed by atoms with E-state index in [1.165, 1.54) is 29.2 Å². The van der Waals surface area contributed by atoms with Gasteiger partial charge in [-0.2, -0.15) is 0 Å². The van der Waals surface area contributed by atoms with E-state index in [0.29, 0.717) is 24.5 Å². The molecule has 1 fully saturated rings. The summed E-state index contributed by atoms with van der Waals surface area (Å²) in [6.07, 6.45) is 0. The lowest BCUT2D eigenvalue weighted by Crippen LogP contribution is -2.43. The first-order valence-corrected chi connectivity index (χ1v) is 9.96. The van der Waals surface area contributed by atoms with E-state index in [2.05, 4.69) is 9.88 Å². The number of aromatic nitrogens is 1. The summed E-state index contributed by atoms with van der Waals surface area (Å²) in [6.45, 7) is 3.53. The van der Waals surface area contributed by atoms with Gasteiger partial charge >= 0.3 is 0 Å². The number of hydrogen-bond donors (Lipinski definition) is 0. The van der Waals surface area contributed by atoms with E-state index >= 15 is 0 Å². The van der Waals surface area contributed by atoms with E-state index < -0.39 is 23.4 Å². The first-order chi connectivity index (χ1) is 14.0. The van der Waals surface area contributed by atoms with Gasteiger partial charge in [0, 0.05) is 37.8 Å². The summed E-state index contributed by atoms with van der Waals surface area (Å²) in [5.41, 5.74) is 0.174. The number of amides is 1. The van der Waals surface area contributed by atoms with Gasteiger partial charge < -0.3 is 4.74 Å². The topological polar surface area (TPSA) is 45.7 Å². The average molecular weight is 458 g/mol. The lowest BCUT2D eigenvalue weighted by molar-refractivity contribution is 0.0391. The predicted molar refractivity (Wildman–Crippen MR) is 112 cm³/mol. The third kappa shape index (κ3) is 4.92. The predicted octanol–water partition coefficient (Wildman–Crippen LogP) is 4.11. The number of morpholine rings is 1. The number of halogens is 4. The van der Waals surface area contributed by atoms with Gasteiger partial charge in [-0.25, -0.2) is 18.2 Å². The minimum absolute atomic E-state index is 0. The van der Waals surface area contributed by atoms with Crippen LogP contribution in [-0.4, -0.2) is 55.2 Å². The van der Waals surface area contributed by atoms with Gasteiger partial charge in [0.15, 0.2) is 10.9 Å². The number of rotatable bonds is 5. The Balaban J connectivity index is 0.00000256. The van der Waals surface area contributed by atoms with E-state index in [4.69, 9.17) is 4.74 Å². The largest absolute Gasteiger partial charge is 0.379 e. The minimum Gasteiger partial charge on any atom is -0.379 e. The minimum atomic E-state index is -0.783. The fourth-order valence-electron chi connectivity index (χ4n) is 3.19. The molecule has 0 bridgehead atoms. The molecule has 2 aromatic carbocycles. The summed E-state index contributed by atoms with van der Waals surface area (Å²) >= 11 is 1.02. The summed E-state index contributed by atoms with van der Waals surface area (Å²) in [5.74, 6) is -2.46. The summed E-state index contributed by atoms with van der Waals surface area (Å²) in [7, 11) is 0. The maximum absolute atomic E-state index is 14.1. The number of hydrogen-bond acceptors (Lipinski definition) is 5. The van der Waals surface area contributed by atoms with E-state index in [9.17, 15) is 18.0 Å². The number of anilines is 1. The number of fused-ring (bicyclic) bond motifs is 1. The molecule has 0 unspecified atom stereocenters. The van der Waals surface area contributed by atoms with Crippen LogP contribution in [0.2, 0.25) is 0 Å². The molecule has 1 aliphatic heterocycles. The molecule has 0 saturated carbocycles. The second-order valence-electron chi connectivity index (χ2n) is 6.65. The summed E-state index contributed by atoms with van der Waals surface area (Å²) in [4.78, 5) is 20.9. The van der Waals surface area contributed by atoms with Crippen molar-refractivity contribution in [3.05, 3.63) is 59.4 Å². The van der Waals surface area contributed by atoms with Crippen molar-refractivity contribution in [1.82, 2.24) is 9.88 Å². The normalized spacial score (nSPS) is 14.5. The Hall–Kier alpha value is -2.20. The van der Waals surface area contributed by atoms with Crippen LogP contribution in [-0.2, 0) is 4.74 Å². The van der Waals surface area contributed by atoms with Gasteiger partial charge in [-0.15, -0.1) is 12.4 Å². The lowest BCUT2D eigenvalue weighted by Gasteiger charge is -2.29. The Morgan fingerprint density at radius 1 is 1.13 bits per heavy atom. The Labute approximate surface area is 181 Å². The lowest BCUT2D eigenvalue weighted by atomic mass is 10.2.